The number of amides is 1. The first-order chi connectivity index (χ1) is 10.0. The Morgan fingerprint density at radius 3 is 2.43 bits per heavy atom. The Morgan fingerprint density at radius 2 is 1.91 bits per heavy atom. The van der Waals surface area contributed by atoms with E-state index in [1.807, 2.05) is 0 Å². The Balaban J connectivity index is 0. The number of carbonyl (C=O) groups is 3. The van der Waals surface area contributed by atoms with Gasteiger partial charge in [0.2, 0.25) is 6.41 Å². The second-order valence-electron chi connectivity index (χ2n) is 3.90. The molecule has 114 valence electrons. The van der Waals surface area contributed by atoms with E-state index in [-0.39, 0.29) is 103 Å². The summed E-state index contributed by atoms with van der Waals surface area (Å²) in [7, 11) is 1.32. The summed E-state index contributed by atoms with van der Waals surface area (Å²) in [6.07, 6.45) is -0.859. The molecule has 1 aliphatic heterocycles. The normalized spacial score (nSPS) is 11.6. The van der Waals surface area contributed by atoms with Gasteiger partial charge >= 0.3 is 109 Å². The van der Waals surface area contributed by atoms with Crippen molar-refractivity contribution in [2.45, 2.75) is 6.42 Å². The Hall–Kier alpha value is 0.503. The smallest absolute Gasteiger partial charge is 0.652 e. The molecule has 1 aromatic rings. The van der Waals surface area contributed by atoms with Gasteiger partial charge in [-0.3, -0.25) is 4.79 Å². The average molecular weight is 373 g/mol. The number of anilines is 1. The predicted molar refractivity (Wildman–Crippen MR) is 66.7 cm³/mol. The maximum atomic E-state index is 11.6. The van der Waals surface area contributed by atoms with Crippen molar-refractivity contribution < 1.29 is 137 Å². The maximum absolute atomic E-state index is 11.6. The monoisotopic (exact) mass is 373 g/mol. The van der Waals surface area contributed by atoms with Crippen LogP contribution in [0, 0.1) is 0 Å². The quantitative estimate of drug-likeness (QED) is 0.287. The van der Waals surface area contributed by atoms with Gasteiger partial charge in [0.05, 0.1) is 19.4 Å². The van der Waals surface area contributed by atoms with Gasteiger partial charge in [0.1, 0.15) is 5.56 Å². The summed E-state index contributed by atoms with van der Waals surface area (Å²) in [6.45, 7) is 1.06. The first-order valence-corrected chi connectivity index (χ1v) is 5.95. The van der Waals surface area contributed by atoms with Gasteiger partial charge in [-0.25, -0.2) is 4.79 Å². The molecule has 0 aliphatic carbocycles. The zero-order chi connectivity index (χ0) is 15.8. The SMILES string of the molecule is COC(=O)c1cccc2c1OCCCN2C=O.O=C([O-])[O-].[K+].[K+]. The van der Waals surface area contributed by atoms with Crippen LogP contribution in [0.15, 0.2) is 18.2 Å². The van der Waals surface area contributed by atoms with Crippen LogP contribution in [0.2, 0.25) is 0 Å². The molecule has 1 aromatic carbocycles. The Morgan fingerprint density at radius 1 is 1.30 bits per heavy atom. The van der Waals surface area contributed by atoms with Crippen LogP contribution in [-0.2, 0) is 9.53 Å². The van der Waals surface area contributed by atoms with Crippen molar-refractivity contribution in [3.05, 3.63) is 23.8 Å². The minimum Gasteiger partial charge on any atom is -0.652 e. The fourth-order valence-corrected chi connectivity index (χ4v) is 1.81. The minimum atomic E-state index is -2.33. The van der Waals surface area contributed by atoms with E-state index in [0.717, 1.165) is 12.8 Å². The van der Waals surface area contributed by atoms with Crippen LogP contribution in [-0.4, -0.2) is 38.8 Å². The summed E-state index contributed by atoms with van der Waals surface area (Å²) < 4.78 is 10.2. The van der Waals surface area contributed by atoms with E-state index < -0.39 is 12.1 Å². The number of methoxy groups -OCH3 is 1. The molecule has 0 unspecified atom stereocenters. The molecule has 0 spiro atoms. The molecule has 0 bridgehead atoms. The molecule has 23 heavy (non-hydrogen) atoms. The van der Waals surface area contributed by atoms with E-state index >= 15 is 0 Å². The number of ether oxygens (including phenoxy) is 2. The molecule has 0 radical (unpaired) electrons. The van der Waals surface area contributed by atoms with Crippen molar-refractivity contribution in [2.75, 3.05) is 25.2 Å². The predicted octanol–water partition coefficient (Wildman–Crippen LogP) is -7.22. The van der Waals surface area contributed by atoms with Crippen molar-refractivity contribution in [1.82, 2.24) is 0 Å². The Labute approximate surface area is 218 Å². The number of hydrogen-bond acceptors (Lipinski definition) is 7. The first-order valence-electron chi connectivity index (χ1n) is 5.95. The van der Waals surface area contributed by atoms with E-state index in [4.69, 9.17) is 19.7 Å². The number of carbonyl (C=O) groups excluding carboxylic acids is 3. The van der Waals surface area contributed by atoms with E-state index in [0.29, 0.717) is 30.2 Å². The molecule has 0 atom stereocenters. The van der Waals surface area contributed by atoms with Crippen molar-refractivity contribution in [3.8, 4) is 5.75 Å². The maximum Gasteiger partial charge on any atom is 1.00 e. The molecule has 2 rings (SSSR count). The van der Waals surface area contributed by atoms with Gasteiger partial charge in [0.15, 0.2) is 5.75 Å². The summed E-state index contributed by atoms with van der Waals surface area (Å²) in [6, 6.07) is 5.08. The minimum absolute atomic E-state index is 0. The summed E-state index contributed by atoms with van der Waals surface area (Å²) >= 11 is 0. The van der Waals surface area contributed by atoms with Crippen molar-refractivity contribution in [1.29, 1.82) is 0 Å². The third-order valence-corrected chi connectivity index (χ3v) is 2.63. The molecule has 0 saturated carbocycles. The first kappa shape index (κ1) is 25.7. The average Bonchev–Trinajstić information content (AvgIpc) is 2.67. The molecule has 0 N–H and O–H groups in total. The van der Waals surface area contributed by atoms with Crippen molar-refractivity contribution in [3.63, 3.8) is 0 Å². The topological polar surface area (TPSA) is 119 Å². The standard InChI is InChI=1S/C12H13NO4.CH2O3.2K/c1-16-12(15)9-4-2-5-10-11(9)17-7-3-6-13(10)8-14;2-1(3)4;;/h2,4-5,8H,3,6-7H2,1H3;(H2,2,3,4);;/q;;2*+1/p-2. The molecule has 0 saturated heterocycles. The number of fused-ring (bicyclic) bond motifs is 1. The van der Waals surface area contributed by atoms with Crippen LogP contribution in [0.3, 0.4) is 0 Å². The van der Waals surface area contributed by atoms with Crippen molar-refractivity contribution >= 4 is 24.2 Å². The third-order valence-electron chi connectivity index (χ3n) is 2.63. The summed E-state index contributed by atoms with van der Waals surface area (Å²) in [5.41, 5.74) is 0.958. The zero-order valence-corrected chi connectivity index (χ0v) is 19.5. The van der Waals surface area contributed by atoms with Crippen LogP contribution >= 0.6 is 0 Å². The molecule has 1 heterocycles. The fraction of sp³-hybridized carbons (Fsp3) is 0.308. The van der Waals surface area contributed by atoms with Gasteiger partial charge in [0.25, 0.3) is 0 Å². The van der Waals surface area contributed by atoms with Gasteiger partial charge in [0, 0.05) is 6.54 Å². The molecular formula is C13H13K2NO7. The second kappa shape index (κ2) is 13.8. The molecule has 8 nitrogen and oxygen atoms in total. The largest absolute Gasteiger partial charge is 1.00 e. The third kappa shape index (κ3) is 8.43. The van der Waals surface area contributed by atoms with E-state index in [2.05, 4.69) is 4.74 Å². The summed E-state index contributed by atoms with van der Waals surface area (Å²) in [4.78, 5) is 32.4. The second-order valence-corrected chi connectivity index (χ2v) is 3.90. The Kier molecular flexibility index (Phi) is 15.4. The van der Waals surface area contributed by atoms with Gasteiger partial charge in [-0.15, -0.1) is 0 Å². The van der Waals surface area contributed by atoms with Crippen LogP contribution < -0.4 is 123 Å². The molecule has 1 aliphatic rings. The van der Waals surface area contributed by atoms with Gasteiger partial charge in [-0.2, -0.15) is 0 Å². The summed E-state index contributed by atoms with van der Waals surface area (Å²) in [5.74, 6) is -0.0430. The Bertz CT molecular complexity index is 535. The number of nitrogens with zero attached hydrogens (tertiary/aromatic N) is 1. The molecular weight excluding hydrogens is 360 g/mol. The van der Waals surface area contributed by atoms with E-state index in [1.165, 1.54) is 12.0 Å². The van der Waals surface area contributed by atoms with Crippen LogP contribution in [0.5, 0.6) is 5.75 Å². The van der Waals surface area contributed by atoms with E-state index in [1.54, 1.807) is 18.2 Å². The number of esters is 1. The van der Waals surface area contributed by atoms with Gasteiger partial charge in [-0.05, 0) is 24.7 Å². The van der Waals surface area contributed by atoms with Gasteiger partial charge in [-0.1, -0.05) is 6.07 Å². The molecule has 0 fully saturated rings. The van der Waals surface area contributed by atoms with Crippen molar-refractivity contribution in [2.24, 2.45) is 0 Å². The van der Waals surface area contributed by atoms with E-state index in [9.17, 15) is 9.59 Å². The van der Waals surface area contributed by atoms with Crippen LogP contribution in [0.25, 0.3) is 0 Å². The molecule has 1 amide bonds. The number of benzene rings is 1. The number of para-hydroxylation sites is 1. The van der Waals surface area contributed by atoms with Crippen LogP contribution in [0.4, 0.5) is 10.5 Å². The molecule has 0 aromatic heterocycles. The number of hydrogen-bond donors (Lipinski definition) is 0. The van der Waals surface area contributed by atoms with Crippen LogP contribution in [0.1, 0.15) is 16.8 Å². The zero-order valence-electron chi connectivity index (χ0n) is 13.2. The number of carboxylic acid groups (broad SMARTS) is 2. The fourth-order valence-electron chi connectivity index (χ4n) is 1.81. The number of rotatable bonds is 2. The van der Waals surface area contributed by atoms with Gasteiger partial charge < -0.3 is 29.4 Å². The molecule has 10 heteroatoms. The summed E-state index contributed by atoms with van der Waals surface area (Å²) in [5, 5.41) is 16.7.